The van der Waals surface area contributed by atoms with Crippen molar-refractivity contribution in [1.82, 2.24) is 9.88 Å². The molecule has 0 saturated carbocycles. The highest BCUT2D eigenvalue weighted by Crippen LogP contribution is 2.19. The zero-order valence-corrected chi connectivity index (χ0v) is 12.7. The average Bonchev–Trinajstić information content (AvgIpc) is 2.91. The van der Waals surface area contributed by atoms with Gasteiger partial charge in [0.05, 0.1) is 5.56 Å². The van der Waals surface area contributed by atoms with E-state index in [0.29, 0.717) is 16.8 Å². The first-order chi connectivity index (χ1) is 11.3. The van der Waals surface area contributed by atoms with E-state index in [-0.39, 0.29) is 18.2 Å². The number of benzene rings is 1. The van der Waals surface area contributed by atoms with Crippen LogP contribution in [0.15, 0.2) is 36.5 Å². The maximum absolute atomic E-state index is 12.1. The second kappa shape index (κ2) is 7.08. The summed E-state index contributed by atoms with van der Waals surface area (Å²) in [5.41, 5.74) is 1.28. The van der Waals surface area contributed by atoms with Crippen LogP contribution in [0.25, 0.3) is 0 Å². The molecule has 8 heteroatoms. The van der Waals surface area contributed by atoms with Gasteiger partial charge in [-0.05, 0) is 23.8 Å². The number of aromatic nitrogens is 1. The van der Waals surface area contributed by atoms with Crippen LogP contribution in [0.4, 0.5) is 13.2 Å². The second-order valence-corrected chi connectivity index (χ2v) is 5.07. The number of aryl methyl sites for hydroxylation is 1. The summed E-state index contributed by atoms with van der Waals surface area (Å²) in [6.45, 7) is -1.25. The van der Waals surface area contributed by atoms with Crippen molar-refractivity contribution in [2.75, 3.05) is 6.61 Å². The quantitative estimate of drug-likeness (QED) is 0.912. The summed E-state index contributed by atoms with van der Waals surface area (Å²) in [5, 5.41) is 11.5. The highest BCUT2D eigenvalue weighted by atomic mass is 19.4. The van der Waals surface area contributed by atoms with E-state index in [1.807, 2.05) is 6.07 Å². The molecule has 24 heavy (non-hydrogen) atoms. The molecule has 1 heterocycles. The van der Waals surface area contributed by atoms with E-state index >= 15 is 0 Å². The fraction of sp³-hybridized carbons (Fsp3) is 0.250. The molecule has 1 N–H and O–H groups in total. The van der Waals surface area contributed by atoms with Gasteiger partial charge >= 0.3 is 6.18 Å². The minimum absolute atomic E-state index is 0.0738. The summed E-state index contributed by atoms with van der Waals surface area (Å²) in [5.74, 6) is -0.315. The van der Waals surface area contributed by atoms with Crippen molar-refractivity contribution in [2.45, 2.75) is 12.7 Å². The van der Waals surface area contributed by atoms with Crippen LogP contribution in [0, 0.1) is 11.3 Å². The van der Waals surface area contributed by atoms with Gasteiger partial charge in [-0.15, -0.1) is 0 Å². The largest absolute Gasteiger partial charge is 0.484 e. The normalized spacial score (nSPS) is 11.0. The molecule has 0 aliphatic rings. The third-order valence-corrected chi connectivity index (χ3v) is 3.12. The first-order valence-electron chi connectivity index (χ1n) is 6.91. The topological polar surface area (TPSA) is 67.0 Å². The van der Waals surface area contributed by atoms with Gasteiger partial charge in [0.1, 0.15) is 17.5 Å². The summed E-state index contributed by atoms with van der Waals surface area (Å²) in [6, 6.07) is 9.44. The Morgan fingerprint density at radius 1 is 1.38 bits per heavy atom. The Balaban J connectivity index is 1.97. The molecule has 0 atom stereocenters. The van der Waals surface area contributed by atoms with E-state index in [4.69, 9.17) is 5.26 Å². The summed E-state index contributed by atoms with van der Waals surface area (Å²) in [7, 11) is 1.64. The molecule has 1 aromatic heterocycles. The average molecular weight is 337 g/mol. The van der Waals surface area contributed by atoms with Gasteiger partial charge in [-0.1, -0.05) is 12.1 Å². The van der Waals surface area contributed by atoms with Crippen molar-refractivity contribution in [2.24, 2.45) is 7.05 Å². The number of alkyl halides is 3. The smallest absolute Gasteiger partial charge is 0.422 e. The molecule has 0 fully saturated rings. The fourth-order valence-electron chi connectivity index (χ4n) is 2.03. The van der Waals surface area contributed by atoms with Gasteiger partial charge in [0.15, 0.2) is 6.61 Å². The molecule has 0 unspecified atom stereocenters. The maximum atomic E-state index is 12.1. The standard InChI is InChI=1S/C16H14F3N3O2/c1-22-9-12(7-20)6-14(22)15(23)21-8-11-3-2-4-13(5-11)24-10-16(17,18)19/h2-6,9H,8,10H2,1H3,(H,21,23). The van der Waals surface area contributed by atoms with Crippen LogP contribution in [0.5, 0.6) is 5.75 Å². The number of carbonyl (C=O) groups excluding carboxylic acids is 1. The van der Waals surface area contributed by atoms with Crippen LogP contribution in [-0.4, -0.2) is 23.3 Å². The molecule has 0 radical (unpaired) electrons. The Bertz CT molecular complexity index is 776. The maximum Gasteiger partial charge on any atom is 0.422 e. The molecule has 126 valence electrons. The fourth-order valence-corrected chi connectivity index (χ4v) is 2.03. The molecular weight excluding hydrogens is 323 g/mol. The lowest BCUT2D eigenvalue weighted by atomic mass is 10.2. The number of ether oxygens (including phenoxy) is 1. The van der Waals surface area contributed by atoms with E-state index in [9.17, 15) is 18.0 Å². The summed E-state index contributed by atoms with van der Waals surface area (Å²) < 4.78 is 42.6. The monoisotopic (exact) mass is 337 g/mol. The lowest BCUT2D eigenvalue weighted by Gasteiger charge is -2.11. The van der Waals surface area contributed by atoms with Crippen LogP contribution in [0.3, 0.4) is 0 Å². The Morgan fingerprint density at radius 2 is 2.12 bits per heavy atom. The molecule has 1 amide bonds. The van der Waals surface area contributed by atoms with Crippen LogP contribution >= 0.6 is 0 Å². The first kappa shape index (κ1) is 17.4. The van der Waals surface area contributed by atoms with Gasteiger partial charge in [-0.25, -0.2) is 0 Å². The van der Waals surface area contributed by atoms with E-state index in [1.54, 1.807) is 19.2 Å². The molecule has 1 aromatic carbocycles. The highest BCUT2D eigenvalue weighted by molar-refractivity contribution is 5.93. The third-order valence-electron chi connectivity index (χ3n) is 3.12. The van der Waals surface area contributed by atoms with Crippen molar-refractivity contribution in [3.05, 3.63) is 53.3 Å². The Labute approximate surface area is 136 Å². The van der Waals surface area contributed by atoms with E-state index in [0.717, 1.165) is 0 Å². The minimum Gasteiger partial charge on any atom is -0.484 e. The predicted octanol–water partition coefficient (Wildman–Crippen LogP) is 2.77. The molecule has 0 aliphatic carbocycles. The van der Waals surface area contributed by atoms with E-state index in [1.165, 1.54) is 29.0 Å². The van der Waals surface area contributed by atoms with Crippen molar-refractivity contribution in [3.8, 4) is 11.8 Å². The van der Waals surface area contributed by atoms with Crippen LogP contribution in [-0.2, 0) is 13.6 Å². The van der Waals surface area contributed by atoms with Crippen LogP contribution in [0.2, 0.25) is 0 Å². The van der Waals surface area contributed by atoms with E-state index < -0.39 is 12.8 Å². The number of halogens is 3. The predicted molar refractivity (Wildman–Crippen MR) is 79.3 cm³/mol. The first-order valence-corrected chi connectivity index (χ1v) is 6.91. The Hall–Kier alpha value is -2.95. The van der Waals surface area contributed by atoms with Gasteiger partial charge in [0.25, 0.3) is 5.91 Å². The number of amides is 1. The number of nitrogens with zero attached hydrogens (tertiary/aromatic N) is 2. The molecular formula is C16H14F3N3O2. The molecule has 5 nitrogen and oxygen atoms in total. The van der Waals surface area contributed by atoms with Crippen molar-refractivity contribution < 1.29 is 22.7 Å². The lowest BCUT2D eigenvalue weighted by Crippen LogP contribution is -2.24. The molecule has 0 aliphatic heterocycles. The van der Waals surface area contributed by atoms with Crippen molar-refractivity contribution in [3.63, 3.8) is 0 Å². The number of hydrogen-bond donors (Lipinski definition) is 1. The van der Waals surface area contributed by atoms with Crippen molar-refractivity contribution >= 4 is 5.91 Å². The van der Waals surface area contributed by atoms with Gasteiger partial charge in [-0.3, -0.25) is 4.79 Å². The second-order valence-electron chi connectivity index (χ2n) is 5.07. The number of nitriles is 1. The summed E-state index contributed by atoms with van der Waals surface area (Å²) in [6.07, 6.45) is -2.88. The zero-order valence-electron chi connectivity index (χ0n) is 12.7. The van der Waals surface area contributed by atoms with Gasteiger partial charge in [0, 0.05) is 19.8 Å². The third kappa shape index (κ3) is 4.78. The number of nitrogens with one attached hydrogen (secondary N) is 1. The Kier molecular flexibility index (Phi) is 5.14. The molecule has 0 saturated heterocycles. The zero-order chi connectivity index (χ0) is 17.7. The molecule has 2 rings (SSSR count). The van der Waals surface area contributed by atoms with Crippen molar-refractivity contribution in [1.29, 1.82) is 5.26 Å². The summed E-state index contributed by atoms with van der Waals surface area (Å²) in [4.78, 5) is 12.1. The molecule has 2 aromatic rings. The minimum atomic E-state index is -4.41. The molecule has 0 spiro atoms. The number of rotatable bonds is 5. The Morgan fingerprint density at radius 3 is 2.75 bits per heavy atom. The highest BCUT2D eigenvalue weighted by Gasteiger charge is 2.28. The van der Waals surface area contributed by atoms with Gasteiger partial charge in [0.2, 0.25) is 0 Å². The van der Waals surface area contributed by atoms with Gasteiger partial charge in [-0.2, -0.15) is 18.4 Å². The lowest BCUT2D eigenvalue weighted by molar-refractivity contribution is -0.153. The molecule has 0 bridgehead atoms. The number of hydrogen-bond acceptors (Lipinski definition) is 3. The van der Waals surface area contributed by atoms with Crippen LogP contribution in [0.1, 0.15) is 21.6 Å². The number of carbonyl (C=O) groups is 1. The van der Waals surface area contributed by atoms with E-state index in [2.05, 4.69) is 10.1 Å². The van der Waals surface area contributed by atoms with Crippen LogP contribution < -0.4 is 10.1 Å². The summed E-state index contributed by atoms with van der Waals surface area (Å²) >= 11 is 0. The van der Waals surface area contributed by atoms with Gasteiger partial charge < -0.3 is 14.6 Å². The SMILES string of the molecule is Cn1cc(C#N)cc1C(=O)NCc1cccc(OCC(F)(F)F)c1.